The topological polar surface area (TPSA) is 62.5 Å². The van der Waals surface area contributed by atoms with Crippen LogP contribution in [-0.2, 0) is 16.1 Å². The number of amides is 1. The molecular weight excluding hydrogens is 328 g/mol. The Labute approximate surface area is 145 Å². The molecule has 1 amide bonds. The molecule has 2 aromatic rings. The van der Waals surface area contributed by atoms with E-state index in [1.54, 1.807) is 0 Å². The monoisotopic (exact) mass is 348 g/mol. The van der Waals surface area contributed by atoms with Crippen molar-refractivity contribution in [1.29, 1.82) is 0 Å². The summed E-state index contributed by atoms with van der Waals surface area (Å²) in [6, 6.07) is 7.64. The molecule has 1 fully saturated rings. The molecule has 0 spiro atoms. The van der Waals surface area contributed by atoms with Crippen LogP contribution in [0, 0.1) is 0 Å². The van der Waals surface area contributed by atoms with Gasteiger partial charge in [-0.05, 0) is 49.3 Å². The van der Waals surface area contributed by atoms with Crippen molar-refractivity contribution in [3.05, 3.63) is 35.5 Å². The number of carbonyl (C=O) groups is 2. The molecule has 128 valence electrons. The number of halogens is 1. The normalized spacial score (nSPS) is 18.0. The Morgan fingerprint density at radius 2 is 2.08 bits per heavy atom. The molecule has 1 atom stereocenters. The molecule has 0 bridgehead atoms. The van der Waals surface area contributed by atoms with E-state index >= 15 is 0 Å². The zero-order valence-electron chi connectivity index (χ0n) is 13.4. The number of carbonyl (C=O) groups excluding carboxylic acids is 1. The molecular formula is C18H21ClN2O3. The van der Waals surface area contributed by atoms with Crippen molar-refractivity contribution < 1.29 is 14.7 Å². The van der Waals surface area contributed by atoms with Gasteiger partial charge in [0.1, 0.15) is 6.54 Å². The maximum atomic E-state index is 12.8. The van der Waals surface area contributed by atoms with Crippen LogP contribution in [0.1, 0.15) is 32.1 Å². The van der Waals surface area contributed by atoms with E-state index < -0.39 is 5.97 Å². The van der Waals surface area contributed by atoms with Gasteiger partial charge in [0.25, 0.3) is 0 Å². The maximum absolute atomic E-state index is 12.8. The zero-order chi connectivity index (χ0) is 17.1. The molecule has 24 heavy (non-hydrogen) atoms. The van der Waals surface area contributed by atoms with E-state index in [2.05, 4.69) is 0 Å². The second-order valence-corrected chi connectivity index (χ2v) is 6.75. The number of fused-ring (bicyclic) bond motifs is 1. The van der Waals surface area contributed by atoms with Crippen LogP contribution in [0.3, 0.4) is 0 Å². The molecule has 1 aliphatic rings. The van der Waals surface area contributed by atoms with E-state index in [1.807, 2.05) is 39.9 Å². The summed E-state index contributed by atoms with van der Waals surface area (Å²) in [5.74, 6) is -0.762. The van der Waals surface area contributed by atoms with Gasteiger partial charge in [0.05, 0.1) is 0 Å². The first-order valence-corrected chi connectivity index (χ1v) is 8.68. The van der Waals surface area contributed by atoms with Crippen molar-refractivity contribution in [2.45, 2.75) is 44.7 Å². The quantitative estimate of drug-likeness (QED) is 0.898. The second-order valence-electron chi connectivity index (χ2n) is 6.32. The minimum atomic E-state index is -0.806. The van der Waals surface area contributed by atoms with Gasteiger partial charge in [-0.25, -0.2) is 0 Å². The van der Waals surface area contributed by atoms with Gasteiger partial charge in [0.15, 0.2) is 0 Å². The average Bonchev–Trinajstić information content (AvgIpc) is 2.95. The molecule has 1 saturated heterocycles. The maximum Gasteiger partial charge on any atom is 0.303 e. The number of rotatable bonds is 5. The van der Waals surface area contributed by atoms with Gasteiger partial charge >= 0.3 is 5.97 Å². The van der Waals surface area contributed by atoms with Crippen LogP contribution in [-0.4, -0.2) is 39.0 Å². The summed E-state index contributed by atoms with van der Waals surface area (Å²) in [6.07, 6.45) is 5.45. The van der Waals surface area contributed by atoms with Crippen molar-refractivity contribution in [2.75, 3.05) is 6.54 Å². The van der Waals surface area contributed by atoms with Crippen LogP contribution in [0.5, 0.6) is 0 Å². The predicted molar refractivity (Wildman–Crippen MR) is 93.2 cm³/mol. The lowest BCUT2D eigenvalue weighted by atomic mass is 9.98. The lowest BCUT2D eigenvalue weighted by molar-refractivity contribution is -0.140. The van der Waals surface area contributed by atoms with Gasteiger partial charge in [0.2, 0.25) is 5.91 Å². The van der Waals surface area contributed by atoms with E-state index in [0.717, 1.165) is 30.2 Å². The summed E-state index contributed by atoms with van der Waals surface area (Å²) >= 11 is 6.06. The number of benzene rings is 1. The van der Waals surface area contributed by atoms with Gasteiger partial charge in [-0.1, -0.05) is 17.7 Å². The van der Waals surface area contributed by atoms with Gasteiger partial charge in [0, 0.05) is 35.7 Å². The van der Waals surface area contributed by atoms with Crippen molar-refractivity contribution in [1.82, 2.24) is 9.47 Å². The Hall–Kier alpha value is -2.01. The Morgan fingerprint density at radius 3 is 2.88 bits per heavy atom. The third-order valence-corrected chi connectivity index (χ3v) is 4.92. The van der Waals surface area contributed by atoms with Crippen LogP contribution >= 0.6 is 11.6 Å². The molecule has 1 aliphatic heterocycles. The van der Waals surface area contributed by atoms with E-state index in [0.29, 0.717) is 18.0 Å². The highest BCUT2D eigenvalue weighted by Crippen LogP contribution is 2.24. The number of aromatic nitrogens is 1. The van der Waals surface area contributed by atoms with Crippen molar-refractivity contribution in [2.24, 2.45) is 0 Å². The Kier molecular flexibility index (Phi) is 5.09. The second kappa shape index (κ2) is 7.26. The lowest BCUT2D eigenvalue weighted by Gasteiger charge is -2.36. The van der Waals surface area contributed by atoms with E-state index in [1.165, 1.54) is 0 Å². The van der Waals surface area contributed by atoms with E-state index in [9.17, 15) is 9.59 Å². The van der Waals surface area contributed by atoms with Crippen LogP contribution < -0.4 is 0 Å². The molecule has 1 aromatic carbocycles. The molecule has 0 radical (unpaired) electrons. The predicted octanol–water partition coefficient (Wildman–Crippen LogP) is 3.54. The Morgan fingerprint density at radius 1 is 1.25 bits per heavy atom. The standard InChI is InChI=1S/C18H21ClN2O3/c19-14-5-4-13-8-10-20(16(13)11-14)12-17(22)21-9-2-1-3-15(21)6-7-18(23)24/h4-5,8,10-11,15H,1-3,6-7,9,12H2,(H,23,24). The first-order chi connectivity index (χ1) is 11.5. The highest BCUT2D eigenvalue weighted by molar-refractivity contribution is 6.31. The Bertz CT molecular complexity index is 756. The molecule has 6 heteroatoms. The van der Waals surface area contributed by atoms with Crippen LogP contribution in [0.2, 0.25) is 5.02 Å². The third-order valence-electron chi connectivity index (χ3n) is 4.68. The summed E-state index contributed by atoms with van der Waals surface area (Å²) < 4.78 is 1.91. The number of hydrogen-bond acceptors (Lipinski definition) is 2. The molecule has 0 saturated carbocycles. The Balaban J connectivity index is 1.74. The number of nitrogens with zero attached hydrogens (tertiary/aromatic N) is 2. The van der Waals surface area contributed by atoms with Crippen LogP contribution in [0.25, 0.3) is 10.9 Å². The first kappa shape index (κ1) is 16.8. The molecule has 0 aliphatic carbocycles. The number of hydrogen-bond donors (Lipinski definition) is 1. The van der Waals surface area contributed by atoms with E-state index in [4.69, 9.17) is 16.7 Å². The average molecular weight is 349 g/mol. The number of carboxylic acids is 1. The molecule has 3 rings (SSSR count). The molecule has 1 unspecified atom stereocenters. The highest BCUT2D eigenvalue weighted by atomic mass is 35.5. The van der Waals surface area contributed by atoms with Crippen molar-refractivity contribution in [3.8, 4) is 0 Å². The number of aliphatic carboxylic acids is 1. The van der Waals surface area contributed by atoms with Gasteiger partial charge in [-0.15, -0.1) is 0 Å². The molecule has 1 aromatic heterocycles. The fraction of sp³-hybridized carbons (Fsp3) is 0.444. The fourth-order valence-corrected chi connectivity index (χ4v) is 3.62. The summed E-state index contributed by atoms with van der Waals surface area (Å²) in [5.41, 5.74) is 0.940. The summed E-state index contributed by atoms with van der Waals surface area (Å²) in [7, 11) is 0. The van der Waals surface area contributed by atoms with Crippen molar-refractivity contribution in [3.63, 3.8) is 0 Å². The molecule has 2 heterocycles. The van der Waals surface area contributed by atoms with E-state index in [-0.39, 0.29) is 24.9 Å². The number of carboxylic acid groups (broad SMARTS) is 1. The third kappa shape index (κ3) is 3.73. The minimum Gasteiger partial charge on any atom is -0.481 e. The molecule has 5 nitrogen and oxygen atoms in total. The van der Waals surface area contributed by atoms with Gasteiger partial charge < -0.3 is 14.6 Å². The highest BCUT2D eigenvalue weighted by Gasteiger charge is 2.27. The van der Waals surface area contributed by atoms with Gasteiger partial charge in [-0.3, -0.25) is 9.59 Å². The lowest BCUT2D eigenvalue weighted by Crippen LogP contribution is -2.45. The number of piperidine rings is 1. The number of likely N-dealkylation sites (tertiary alicyclic amines) is 1. The first-order valence-electron chi connectivity index (χ1n) is 8.30. The summed E-state index contributed by atoms with van der Waals surface area (Å²) in [6.45, 7) is 0.969. The van der Waals surface area contributed by atoms with Crippen molar-refractivity contribution >= 4 is 34.4 Å². The largest absolute Gasteiger partial charge is 0.481 e. The fourth-order valence-electron chi connectivity index (χ4n) is 3.45. The minimum absolute atomic E-state index is 0.0350. The molecule has 1 N–H and O–H groups in total. The summed E-state index contributed by atoms with van der Waals surface area (Å²) in [5, 5.41) is 10.6. The van der Waals surface area contributed by atoms with Crippen LogP contribution in [0.15, 0.2) is 30.5 Å². The SMILES string of the molecule is O=C(O)CCC1CCCCN1C(=O)Cn1ccc2ccc(Cl)cc21. The van der Waals surface area contributed by atoms with Crippen LogP contribution in [0.4, 0.5) is 0 Å². The van der Waals surface area contributed by atoms with Gasteiger partial charge in [-0.2, -0.15) is 0 Å². The summed E-state index contributed by atoms with van der Waals surface area (Å²) in [4.78, 5) is 25.5. The smallest absolute Gasteiger partial charge is 0.303 e. The zero-order valence-corrected chi connectivity index (χ0v) is 14.2.